The Morgan fingerprint density at radius 1 is 1.28 bits per heavy atom. The normalized spacial score (nSPS) is 10.6. The van der Waals surface area contributed by atoms with Gasteiger partial charge in [0.05, 0.1) is 4.47 Å². The van der Waals surface area contributed by atoms with Crippen molar-refractivity contribution in [3.05, 3.63) is 50.6 Å². The van der Waals surface area contributed by atoms with Gasteiger partial charge >= 0.3 is 0 Å². The van der Waals surface area contributed by atoms with Gasteiger partial charge in [0, 0.05) is 6.54 Å². The summed E-state index contributed by atoms with van der Waals surface area (Å²) in [4.78, 5) is 0. The summed E-state index contributed by atoms with van der Waals surface area (Å²) in [6.07, 6.45) is 0. The fourth-order valence-electron chi connectivity index (χ4n) is 1.58. The average Bonchev–Trinajstić information content (AvgIpc) is 2.88. The number of rotatable bonds is 6. The number of halogens is 1. The van der Waals surface area contributed by atoms with Crippen LogP contribution in [0.25, 0.3) is 0 Å². The van der Waals surface area contributed by atoms with E-state index >= 15 is 0 Å². The van der Waals surface area contributed by atoms with Gasteiger partial charge in [-0.1, -0.05) is 13.0 Å². The summed E-state index contributed by atoms with van der Waals surface area (Å²) in [5, 5.41) is 7.47. The van der Waals surface area contributed by atoms with Gasteiger partial charge in [-0.05, 0) is 62.6 Å². The molecule has 0 aliphatic carbocycles. The molecule has 1 aromatic carbocycles. The Morgan fingerprint density at radius 2 is 2.17 bits per heavy atom. The molecule has 0 aliphatic rings. The van der Waals surface area contributed by atoms with Gasteiger partial charge in [0.25, 0.3) is 0 Å². The number of hydrogen-bond donors (Lipinski definition) is 1. The zero-order valence-corrected chi connectivity index (χ0v) is 12.7. The largest absolute Gasteiger partial charge is 0.488 e. The molecule has 0 saturated carbocycles. The minimum Gasteiger partial charge on any atom is -0.488 e. The summed E-state index contributed by atoms with van der Waals surface area (Å²) in [6, 6.07) is 8.29. The van der Waals surface area contributed by atoms with E-state index in [1.807, 2.05) is 6.07 Å². The Bertz CT molecular complexity index is 485. The van der Waals surface area contributed by atoms with Crippen LogP contribution in [0.2, 0.25) is 0 Å². The first-order valence-electron chi connectivity index (χ1n) is 5.92. The third-order valence-electron chi connectivity index (χ3n) is 2.55. The third-order valence-corrected chi connectivity index (χ3v) is 3.90. The third kappa shape index (κ3) is 3.83. The molecule has 4 heteroatoms. The molecule has 2 aromatic rings. The highest BCUT2D eigenvalue weighted by Gasteiger charge is 2.03. The van der Waals surface area contributed by atoms with Crippen LogP contribution in [0.4, 0.5) is 0 Å². The van der Waals surface area contributed by atoms with Crippen molar-refractivity contribution in [2.45, 2.75) is 20.1 Å². The predicted octanol–water partition coefficient (Wildman–Crippen LogP) is 4.20. The molecular formula is C14H16BrNOS. The van der Waals surface area contributed by atoms with Crippen molar-refractivity contribution in [1.82, 2.24) is 5.32 Å². The Hall–Kier alpha value is -0.840. The van der Waals surface area contributed by atoms with Crippen LogP contribution >= 0.6 is 27.3 Å². The molecule has 96 valence electrons. The van der Waals surface area contributed by atoms with Crippen LogP contribution in [0.15, 0.2) is 39.5 Å². The molecule has 0 unspecified atom stereocenters. The van der Waals surface area contributed by atoms with Crippen molar-refractivity contribution in [2.75, 3.05) is 6.54 Å². The zero-order chi connectivity index (χ0) is 12.8. The molecule has 1 heterocycles. The molecule has 0 fully saturated rings. The second-order valence-corrected chi connectivity index (χ2v) is 5.60. The molecular weight excluding hydrogens is 310 g/mol. The van der Waals surface area contributed by atoms with Crippen molar-refractivity contribution in [3.8, 4) is 5.75 Å². The van der Waals surface area contributed by atoms with E-state index in [0.29, 0.717) is 6.61 Å². The highest BCUT2D eigenvalue weighted by molar-refractivity contribution is 9.10. The van der Waals surface area contributed by atoms with Gasteiger partial charge in [0.15, 0.2) is 0 Å². The molecule has 1 aromatic heterocycles. The van der Waals surface area contributed by atoms with Gasteiger partial charge in [-0.15, -0.1) is 0 Å². The predicted molar refractivity (Wildman–Crippen MR) is 80.2 cm³/mol. The molecule has 0 spiro atoms. The van der Waals surface area contributed by atoms with Crippen LogP contribution in [0.1, 0.15) is 18.1 Å². The van der Waals surface area contributed by atoms with Crippen molar-refractivity contribution in [1.29, 1.82) is 0 Å². The fourth-order valence-corrected chi connectivity index (χ4v) is 2.77. The van der Waals surface area contributed by atoms with E-state index in [1.54, 1.807) is 11.3 Å². The number of ether oxygens (including phenoxy) is 1. The van der Waals surface area contributed by atoms with Crippen LogP contribution in [-0.4, -0.2) is 6.54 Å². The standard InChI is InChI=1S/C14H16BrNOS/c1-2-16-8-11-3-4-14(13(15)7-11)17-9-12-5-6-18-10-12/h3-7,10,16H,2,8-9H2,1H3. The van der Waals surface area contributed by atoms with Crippen molar-refractivity contribution >= 4 is 27.3 Å². The zero-order valence-electron chi connectivity index (χ0n) is 10.3. The smallest absolute Gasteiger partial charge is 0.134 e. The van der Waals surface area contributed by atoms with E-state index < -0.39 is 0 Å². The number of nitrogens with one attached hydrogen (secondary N) is 1. The molecule has 1 N–H and O–H groups in total. The maximum absolute atomic E-state index is 5.78. The summed E-state index contributed by atoms with van der Waals surface area (Å²) in [6.45, 7) is 4.59. The monoisotopic (exact) mass is 325 g/mol. The molecule has 18 heavy (non-hydrogen) atoms. The Labute approximate surface area is 120 Å². The molecule has 0 amide bonds. The van der Waals surface area contributed by atoms with Gasteiger partial charge in [0.2, 0.25) is 0 Å². The first kappa shape index (κ1) is 13.6. The van der Waals surface area contributed by atoms with Gasteiger partial charge in [-0.2, -0.15) is 11.3 Å². The summed E-state index contributed by atoms with van der Waals surface area (Å²) >= 11 is 5.24. The maximum atomic E-state index is 5.78. The molecule has 2 rings (SSSR count). The summed E-state index contributed by atoms with van der Waals surface area (Å²) in [7, 11) is 0. The van der Waals surface area contributed by atoms with Crippen LogP contribution in [0.5, 0.6) is 5.75 Å². The van der Waals surface area contributed by atoms with Crippen molar-refractivity contribution in [2.24, 2.45) is 0 Å². The van der Waals surface area contributed by atoms with Gasteiger partial charge < -0.3 is 10.1 Å². The molecule has 2 nitrogen and oxygen atoms in total. The molecule has 0 aliphatic heterocycles. The van der Waals surface area contributed by atoms with Gasteiger partial charge in [-0.3, -0.25) is 0 Å². The summed E-state index contributed by atoms with van der Waals surface area (Å²) in [5.74, 6) is 0.890. The number of benzene rings is 1. The average molecular weight is 326 g/mol. The maximum Gasteiger partial charge on any atom is 0.134 e. The first-order valence-corrected chi connectivity index (χ1v) is 7.66. The number of hydrogen-bond acceptors (Lipinski definition) is 3. The minimum atomic E-state index is 0.620. The van der Waals surface area contributed by atoms with E-state index in [1.165, 1.54) is 11.1 Å². The summed E-state index contributed by atoms with van der Waals surface area (Å²) in [5.41, 5.74) is 2.47. The Morgan fingerprint density at radius 3 is 2.83 bits per heavy atom. The van der Waals surface area contributed by atoms with E-state index in [2.05, 4.69) is 57.1 Å². The topological polar surface area (TPSA) is 21.3 Å². The minimum absolute atomic E-state index is 0.620. The highest BCUT2D eigenvalue weighted by Crippen LogP contribution is 2.27. The Balaban J connectivity index is 1.96. The lowest BCUT2D eigenvalue weighted by Crippen LogP contribution is -2.11. The molecule has 0 atom stereocenters. The number of thiophene rings is 1. The van der Waals surface area contributed by atoms with E-state index in [0.717, 1.165) is 23.3 Å². The lowest BCUT2D eigenvalue weighted by molar-refractivity contribution is 0.304. The fraction of sp³-hybridized carbons (Fsp3) is 0.286. The Kier molecular flexibility index (Phi) is 5.23. The summed E-state index contributed by atoms with van der Waals surface area (Å²) < 4.78 is 6.79. The molecule has 0 saturated heterocycles. The lowest BCUT2D eigenvalue weighted by atomic mass is 10.2. The van der Waals surface area contributed by atoms with Gasteiger partial charge in [-0.25, -0.2) is 0 Å². The van der Waals surface area contributed by atoms with Crippen molar-refractivity contribution < 1.29 is 4.74 Å². The van der Waals surface area contributed by atoms with Crippen LogP contribution < -0.4 is 10.1 Å². The van der Waals surface area contributed by atoms with Crippen LogP contribution in [0, 0.1) is 0 Å². The highest BCUT2D eigenvalue weighted by atomic mass is 79.9. The van der Waals surface area contributed by atoms with E-state index in [9.17, 15) is 0 Å². The van der Waals surface area contributed by atoms with Crippen LogP contribution in [-0.2, 0) is 13.2 Å². The second kappa shape index (κ2) is 6.92. The second-order valence-electron chi connectivity index (χ2n) is 3.97. The first-order chi connectivity index (χ1) is 8.79. The van der Waals surface area contributed by atoms with Crippen molar-refractivity contribution in [3.63, 3.8) is 0 Å². The molecule has 0 radical (unpaired) electrons. The quantitative estimate of drug-likeness (QED) is 0.859. The lowest BCUT2D eigenvalue weighted by Gasteiger charge is -2.09. The van der Waals surface area contributed by atoms with E-state index in [4.69, 9.17) is 4.74 Å². The van der Waals surface area contributed by atoms with Crippen LogP contribution in [0.3, 0.4) is 0 Å². The SMILES string of the molecule is CCNCc1ccc(OCc2ccsc2)c(Br)c1. The van der Waals surface area contributed by atoms with Gasteiger partial charge in [0.1, 0.15) is 12.4 Å². The van der Waals surface area contributed by atoms with E-state index in [-0.39, 0.29) is 0 Å². The molecule has 0 bridgehead atoms.